The summed E-state index contributed by atoms with van der Waals surface area (Å²) in [6.45, 7) is 5.95. The lowest BCUT2D eigenvalue weighted by Crippen LogP contribution is -2.42. The molecule has 3 amide bonds. The van der Waals surface area contributed by atoms with E-state index < -0.39 is 0 Å². The number of benzene rings is 1. The smallest absolute Gasteiger partial charge is 0.317 e. The second-order valence-electron chi connectivity index (χ2n) is 6.29. The highest BCUT2D eigenvalue weighted by Crippen LogP contribution is 2.26. The molecule has 2 aliphatic rings. The first-order valence-electron chi connectivity index (χ1n) is 8.77. The molecular weight excluding hydrogens is 306 g/mol. The van der Waals surface area contributed by atoms with Gasteiger partial charge >= 0.3 is 6.03 Å². The van der Waals surface area contributed by atoms with Crippen molar-refractivity contribution >= 4 is 11.9 Å². The van der Waals surface area contributed by atoms with Crippen molar-refractivity contribution in [3.8, 4) is 5.75 Å². The Morgan fingerprint density at radius 1 is 1.17 bits per heavy atom. The number of hydrogen-bond donors (Lipinski definition) is 1. The van der Waals surface area contributed by atoms with Crippen LogP contribution in [0.25, 0.3) is 0 Å². The van der Waals surface area contributed by atoms with Gasteiger partial charge in [0.2, 0.25) is 0 Å². The van der Waals surface area contributed by atoms with Gasteiger partial charge in [-0.3, -0.25) is 4.79 Å². The van der Waals surface area contributed by atoms with Crippen LogP contribution in [0.1, 0.15) is 35.7 Å². The van der Waals surface area contributed by atoms with Crippen molar-refractivity contribution in [3.63, 3.8) is 0 Å². The summed E-state index contributed by atoms with van der Waals surface area (Å²) in [5.41, 5.74) is 1.82. The molecule has 0 spiro atoms. The monoisotopic (exact) mass is 331 g/mol. The third kappa shape index (κ3) is 3.63. The average Bonchev–Trinajstić information content (AvgIpc) is 2.93. The topological polar surface area (TPSA) is 61.9 Å². The number of urea groups is 1. The van der Waals surface area contributed by atoms with Crippen LogP contribution in [0.3, 0.4) is 0 Å². The molecule has 130 valence electrons. The first-order chi connectivity index (χ1) is 11.7. The molecule has 1 aromatic rings. The van der Waals surface area contributed by atoms with Gasteiger partial charge in [0.1, 0.15) is 5.75 Å². The van der Waals surface area contributed by atoms with E-state index in [0.717, 1.165) is 30.6 Å². The van der Waals surface area contributed by atoms with Gasteiger partial charge in [0.05, 0.1) is 6.61 Å². The maximum Gasteiger partial charge on any atom is 0.317 e. The Labute approximate surface area is 142 Å². The van der Waals surface area contributed by atoms with Gasteiger partial charge in [-0.1, -0.05) is 6.92 Å². The molecule has 0 aliphatic carbocycles. The zero-order chi connectivity index (χ0) is 16.9. The summed E-state index contributed by atoms with van der Waals surface area (Å²) in [6.07, 6.45) is 2.59. The number of amides is 3. The van der Waals surface area contributed by atoms with Crippen LogP contribution in [0.15, 0.2) is 18.2 Å². The average molecular weight is 331 g/mol. The molecule has 1 saturated heterocycles. The number of fused-ring (bicyclic) bond motifs is 1. The van der Waals surface area contributed by atoms with Crippen LogP contribution < -0.4 is 10.1 Å². The summed E-state index contributed by atoms with van der Waals surface area (Å²) >= 11 is 0. The number of carbonyl (C=O) groups is 2. The lowest BCUT2D eigenvalue weighted by molar-refractivity contribution is 0.0762. The fraction of sp³-hybridized carbons (Fsp3) is 0.556. The molecule has 1 fully saturated rings. The Balaban J connectivity index is 1.61. The van der Waals surface area contributed by atoms with Gasteiger partial charge in [0.25, 0.3) is 5.91 Å². The molecule has 2 aliphatic heterocycles. The van der Waals surface area contributed by atoms with Crippen LogP contribution in [0, 0.1) is 0 Å². The molecule has 1 aromatic carbocycles. The number of rotatable bonds is 3. The number of ether oxygens (including phenoxy) is 1. The summed E-state index contributed by atoms with van der Waals surface area (Å²) in [6, 6.07) is 5.64. The van der Waals surface area contributed by atoms with E-state index in [2.05, 4.69) is 5.32 Å². The molecule has 0 unspecified atom stereocenters. The van der Waals surface area contributed by atoms with Crippen LogP contribution in [0.2, 0.25) is 0 Å². The lowest BCUT2D eigenvalue weighted by atomic mass is 10.1. The molecule has 6 nitrogen and oxygen atoms in total. The summed E-state index contributed by atoms with van der Waals surface area (Å²) in [5, 5.41) is 2.90. The first kappa shape index (κ1) is 16.6. The highest BCUT2D eigenvalue weighted by atomic mass is 16.5. The van der Waals surface area contributed by atoms with Gasteiger partial charge < -0.3 is 19.9 Å². The predicted molar refractivity (Wildman–Crippen MR) is 91.4 cm³/mol. The van der Waals surface area contributed by atoms with Gasteiger partial charge in [-0.15, -0.1) is 0 Å². The minimum atomic E-state index is -0.0270. The van der Waals surface area contributed by atoms with E-state index in [1.54, 1.807) is 4.90 Å². The molecule has 1 N–H and O–H groups in total. The molecule has 3 rings (SSSR count). The van der Waals surface area contributed by atoms with Crippen molar-refractivity contribution in [3.05, 3.63) is 29.3 Å². The summed E-state index contributed by atoms with van der Waals surface area (Å²) in [4.78, 5) is 28.5. The van der Waals surface area contributed by atoms with E-state index in [-0.39, 0.29) is 11.9 Å². The zero-order valence-corrected chi connectivity index (χ0v) is 14.2. The van der Waals surface area contributed by atoms with Crippen molar-refractivity contribution in [2.24, 2.45) is 0 Å². The molecule has 24 heavy (non-hydrogen) atoms. The zero-order valence-electron chi connectivity index (χ0n) is 14.2. The molecule has 6 heteroatoms. The molecule has 2 heterocycles. The van der Waals surface area contributed by atoms with Crippen molar-refractivity contribution in [2.75, 3.05) is 39.3 Å². The van der Waals surface area contributed by atoms with Crippen LogP contribution >= 0.6 is 0 Å². The largest absolute Gasteiger partial charge is 0.493 e. The number of nitrogens with one attached hydrogen (secondary N) is 1. The Kier molecular flexibility index (Phi) is 5.23. The van der Waals surface area contributed by atoms with E-state index in [1.165, 1.54) is 0 Å². The van der Waals surface area contributed by atoms with Crippen LogP contribution in [0.5, 0.6) is 5.75 Å². The van der Waals surface area contributed by atoms with Gasteiger partial charge in [-0.25, -0.2) is 4.79 Å². The second kappa shape index (κ2) is 7.55. The predicted octanol–water partition coefficient (Wildman–Crippen LogP) is 1.89. The van der Waals surface area contributed by atoms with E-state index >= 15 is 0 Å². The number of carbonyl (C=O) groups excluding carboxylic acids is 2. The van der Waals surface area contributed by atoms with Gasteiger partial charge in [-0.2, -0.15) is 0 Å². The standard InChI is InChI=1S/C18H25N3O3/c1-2-7-19-18(23)21-9-3-8-20(10-11-21)17(22)15-4-5-16-14(13-15)6-12-24-16/h4-5,13H,2-3,6-12H2,1H3,(H,19,23). The maximum absolute atomic E-state index is 12.8. The van der Waals surface area contributed by atoms with Crippen LogP contribution in [0.4, 0.5) is 4.79 Å². The first-order valence-corrected chi connectivity index (χ1v) is 8.77. The quantitative estimate of drug-likeness (QED) is 0.920. The van der Waals surface area contributed by atoms with Gasteiger partial charge in [0, 0.05) is 44.7 Å². The fourth-order valence-electron chi connectivity index (χ4n) is 3.17. The third-order valence-corrected chi connectivity index (χ3v) is 4.53. The molecular formula is C18H25N3O3. The van der Waals surface area contributed by atoms with Crippen LogP contribution in [-0.2, 0) is 6.42 Å². The van der Waals surface area contributed by atoms with E-state index in [9.17, 15) is 9.59 Å². The normalized spacial score (nSPS) is 17.0. The van der Waals surface area contributed by atoms with E-state index in [1.807, 2.05) is 30.0 Å². The molecule has 0 bridgehead atoms. The number of nitrogens with zero attached hydrogens (tertiary/aromatic N) is 2. The van der Waals surface area contributed by atoms with Crippen molar-refractivity contribution < 1.29 is 14.3 Å². The fourth-order valence-corrected chi connectivity index (χ4v) is 3.17. The van der Waals surface area contributed by atoms with Crippen LogP contribution in [-0.4, -0.2) is 61.1 Å². The summed E-state index contributed by atoms with van der Waals surface area (Å²) < 4.78 is 5.50. The molecule has 0 saturated carbocycles. The summed E-state index contributed by atoms with van der Waals surface area (Å²) in [7, 11) is 0. The van der Waals surface area contributed by atoms with Gasteiger partial charge in [0.15, 0.2) is 0 Å². The van der Waals surface area contributed by atoms with Gasteiger partial charge in [-0.05, 0) is 36.6 Å². The van der Waals surface area contributed by atoms with E-state index in [4.69, 9.17) is 4.74 Å². The Morgan fingerprint density at radius 2 is 1.96 bits per heavy atom. The second-order valence-corrected chi connectivity index (χ2v) is 6.29. The minimum Gasteiger partial charge on any atom is -0.493 e. The molecule has 0 atom stereocenters. The SMILES string of the molecule is CCCNC(=O)N1CCCN(C(=O)c2ccc3c(c2)CCO3)CC1. The number of hydrogen-bond acceptors (Lipinski definition) is 3. The minimum absolute atomic E-state index is 0.0270. The summed E-state index contributed by atoms with van der Waals surface area (Å²) in [5.74, 6) is 0.932. The Morgan fingerprint density at radius 3 is 2.79 bits per heavy atom. The molecule has 0 radical (unpaired) electrons. The van der Waals surface area contributed by atoms with Crippen molar-refractivity contribution in [1.29, 1.82) is 0 Å². The van der Waals surface area contributed by atoms with Crippen molar-refractivity contribution in [1.82, 2.24) is 15.1 Å². The molecule has 0 aromatic heterocycles. The highest BCUT2D eigenvalue weighted by Gasteiger charge is 2.23. The Bertz CT molecular complexity index is 618. The third-order valence-electron chi connectivity index (χ3n) is 4.53. The Hall–Kier alpha value is -2.24. The van der Waals surface area contributed by atoms with E-state index in [0.29, 0.717) is 44.9 Å². The lowest BCUT2D eigenvalue weighted by Gasteiger charge is -2.22. The van der Waals surface area contributed by atoms with Crippen molar-refractivity contribution in [2.45, 2.75) is 26.2 Å². The maximum atomic E-state index is 12.8. The highest BCUT2D eigenvalue weighted by molar-refractivity contribution is 5.94.